The Labute approximate surface area is 103 Å². The highest BCUT2D eigenvalue weighted by Gasteiger charge is 2.21. The van der Waals surface area contributed by atoms with Crippen LogP contribution in [0, 0.1) is 5.92 Å². The number of nitrogens with one attached hydrogen (secondary N) is 1. The summed E-state index contributed by atoms with van der Waals surface area (Å²) in [6.45, 7) is 3.14. The fourth-order valence-electron chi connectivity index (χ4n) is 2.44. The van der Waals surface area contributed by atoms with Gasteiger partial charge in [-0.1, -0.05) is 13.3 Å². The number of aromatic nitrogens is 2. The average molecular weight is 234 g/mol. The van der Waals surface area contributed by atoms with Crippen molar-refractivity contribution < 1.29 is 0 Å². The molecule has 0 spiro atoms. The first kappa shape index (κ1) is 12.3. The Morgan fingerprint density at radius 1 is 1.41 bits per heavy atom. The molecule has 1 aromatic heterocycles. The zero-order chi connectivity index (χ0) is 12.1. The van der Waals surface area contributed by atoms with Crippen LogP contribution in [0.5, 0.6) is 0 Å². The van der Waals surface area contributed by atoms with Crippen LogP contribution >= 0.6 is 0 Å². The van der Waals surface area contributed by atoms with Gasteiger partial charge < -0.3 is 11.1 Å². The van der Waals surface area contributed by atoms with Crippen LogP contribution in [-0.4, -0.2) is 22.6 Å². The fraction of sp³-hybridized carbons (Fsp3) is 0.692. The highest BCUT2D eigenvalue weighted by molar-refractivity contribution is 5.34. The number of nitrogens with two attached hydrogens (primary N) is 1. The minimum Gasteiger partial charge on any atom is -0.370 e. The average Bonchev–Trinajstić information content (AvgIpc) is 2.74. The van der Waals surface area contributed by atoms with Crippen LogP contribution in [0.25, 0.3) is 0 Å². The van der Waals surface area contributed by atoms with Crippen LogP contribution in [0.1, 0.15) is 38.3 Å². The maximum absolute atomic E-state index is 5.90. The van der Waals surface area contributed by atoms with E-state index in [1.54, 1.807) is 6.33 Å². The van der Waals surface area contributed by atoms with Crippen LogP contribution in [0.3, 0.4) is 0 Å². The van der Waals surface area contributed by atoms with Crippen molar-refractivity contribution in [2.75, 3.05) is 11.9 Å². The lowest BCUT2D eigenvalue weighted by molar-refractivity contribution is 0.565. The van der Waals surface area contributed by atoms with Gasteiger partial charge in [0.15, 0.2) is 0 Å². The van der Waals surface area contributed by atoms with Gasteiger partial charge >= 0.3 is 0 Å². The van der Waals surface area contributed by atoms with Crippen LogP contribution < -0.4 is 11.1 Å². The molecule has 0 saturated heterocycles. The number of hydrogen-bond acceptors (Lipinski definition) is 4. The van der Waals surface area contributed by atoms with E-state index in [0.717, 1.165) is 43.7 Å². The summed E-state index contributed by atoms with van der Waals surface area (Å²) in [5.74, 6) is 1.65. The van der Waals surface area contributed by atoms with E-state index in [1.165, 1.54) is 6.42 Å². The molecule has 2 atom stereocenters. The molecule has 0 aromatic carbocycles. The number of rotatable bonds is 5. The molecule has 3 N–H and O–H groups in total. The van der Waals surface area contributed by atoms with Gasteiger partial charge in [-0.3, -0.25) is 0 Å². The van der Waals surface area contributed by atoms with Gasteiger partial charge in [0.25, 0.3) is 0 Å². The quantitative estimate of drug-likeness (QED) is 0.817. The Morgan fingerprint density at radius 3 is 3.00 bits per heavy atom. The van der Waals surface area contributed by atoms with E-state index in [4.69, 9.17) is 5.73 Å². The summed E-state index contributed by atoms with van der Waals surface area (Å²) in [4.78, 5) is 8.50. The first-order chi connectivity index (χ1) is 8.28. The van der Waals surface area contributed by atoms with Crippen LogP contribution in [0.15, 0.2) is 12.4 Å². The number of aryl methyl sites for hydroxylation is 1. The van der Waals surface area contributed by atoms with Gasteiger partial charge in [-0.25, -0.2) is 9.97 Å². The Kier molecular flexibility index (Phi) is 4.31. The molecule has 1 saturated carbocycles. The second-order valence-electron chi connectivity index (χ2n) is 4.96. The van der Waals surface area contributed by atoms with E-state index >= 15 is 0 Å². The second-order valence-corrected chi connectivity index (χ2v) is 4.96. The van der Waals surface area contributed by atoms with Gasteiger partial charge in [0.1, 0.15) is 12.1 Å². The van der Waals surface area contributed by atoms with E-state index in [-0.39, 0.29) is 0 Å². The first-order valence-corrected chi connectivity index (χ1v) is 6.58. The molecule has 1 fully saturated rings. The van der Waals surface area contributed by atoms with E-state index in [1.807, 2.05) is 0 Å². The number of hydrogen-bond donors (Lipinski definition) is 2. The van der Waals surface area contributed by atoms with Crippen molar-refractivity contribution in [2.24, 2.45) is 11.7 Å². The Balaban J connectivity index is 1.83. The maximum Gasteiger partial charge on any atom is 0.129 e. The van der Waals surface area contributed by atoms with Gasteiger partial charge in [0.05, 0.1) is 0 Å². The van der Waals surface area contributed by atoms with E-state index in [2.05, 4.69) is 28.3 Å². The lowest BCUT2D eigenvalue weighted by Crippen LogP contribution is -2.18. The minimum atomic E-state index is 0.405. The number of anilines is 1. The van der Waals surface area contributed by atoms with Gasteiger partial charge in [-0.2, -0.15) is 0 Å². The van der Waals surface area contributed by atoms with Gasteiger partial charge in [0.2, 0.25) is 0 Å². The number of nitrogens with zero attached hydrogens (tertiary/aromatic N) is 2. The molecule has 2 unspecified atom stereocenters. The Morgan fingerprint density at radius 2 is 2.29 bits per heavy atom. The smallest absolute Gasteiger partial charge is 0.129 e. The molecule has 17 heavy (non-hydrogen) atoms. The molecule has 4 heteroatoms. The molecule has 94 valence electrons. The Hall–Kier alpha value is -1.16. The second kappa shape index (κ2) is 5.96. The molecule has 1 aliphatic rings. The molecular formula is C13H22N4. The molecule has 0 bridgehead atoms. The monoisotopic (exact) mass is 234 g/mol. The lowest BCUT2D eigenvalue weighted by Gasteiger charge is -2.11. The van der Waals surface area contributed by atoms with Crippen LogP contribution in [0.4, 0.5) is 5.82 Å². The standard InChI is InChI=1S/C13H22N4/c1-2-3-12-7-13(17-9-16-12)15-8-10-4-5-11(14)6-10/h7,9-11H,2-6,8,14H2,1H3,(H,15,16,17). The third kappa shape index (κ3) is 3.66. The van der Waals surface area contributed by atoms with Gasteiger partial charge in [0, 0.05) is 24.3 Å². The van der Waals surface area contributed by atoms with Gasteiger partial charge in [-0.15, -0.1) is 0 Å². The predicted octanol–water partition coefficient (Wildman–Crippen LogP) is 1.97. The van der Waals surface area contributed by atoms with Crippen molar-refractivity contribution >= 4 is 5.82 Å². The summed E-state index contributed by atoms with van der Waals surface area (Å²) in [6, 6.07) is 2.46. The van der Waals surface area contributed by atoms with Crippen molar-refractivity contribution in [1.82, 2.24) is 9.97 Å². The van der Waals surface area contributed by atoms with E-state index < -0.39 is 0 Å². The van der Waals surface area contributed by atoms with Crippen molar-refractivity contribution in [3.8, 4) is 0 Å². The third-order valence-corrected chi connectivity index (χ3v) is 3.38. The molecule has 0 aliphatic heterocycles. The molecule has 2 rings (SSSR count). The normalized spacial score (nSPS) is 23.9. The highest BCUT2D eigenvalue weighted by atomic mass is 15.0. The zero-order valence-corrected chi connectivity index (χ0v) is 10.5. The molecular weight excluding hydrogens is 212 g/mol. The summed E-state index contributed by atoms with van der Waals surface area (Å²) in [6.07, 6.45) is 7.32. The summed E-state index contributed by atoms with van der Waals surface area (Å²) in [7, 11) is 0. The topological polar surface area (TPSA) is 63.8 Å². The molecule has 1 heterocycles. The summed E-state index contributed by atoms with van der Waals surface area (Å²) < 4.78 is 0. The predicted molar refractivity (Wildman–Crippen MR) is 69.8 cm³/mol. The molecule has 0 amide bonds. The van der Waals surface area contributed by atoms with Crippen LogP contribution in [-0.2, 0) is 6.42 Å². The van der Waals surface area contributed by atoms with E-state index in [9.17, 15) is 0 Å². The maximum atomic E-state index is 5.90. The summed E-state index contributed by atoms with van der Waals surface area (Å²) >= 11 is 0. The zero-order valence-electron chi connectivity index (χ0n) is 10.5. The van der Waals surface area contributed by atoms with E-state index in [0.29, 0.717) is 12.0 Å². The summed E-state index contributed by atoms with van der Waals surface area (Å²) in [5, 5.41) is 3.40. The molecule has 1 aliphatic carbocycles. The van der Waals surface area contributed by atoms with Crippen LogP contribution in [0.2, 0.25) is 0 Å². The molecule has 4 nitrogen and oxygen atoms in total. The SMILES string of the molecule is CCCc1cc(NCC2CCC(N)C2)ncn1. The largest absolute Gasteiger partial charge is 0.370 e. The van der Waals surface area contributed by atoms with Crippen molar-refractivity contribution in [2.45, 2.75) is 45.1 Å². The molecule has 1 aromatic rings. The highest BCUT2D eigenvalue weighted by Crippen LogP contribution is 2.24. The van der Waals surface area contributed by atoms with Crippen molar-refractivity contribution in [3.63, 3.8) is 0 Å². The first-order valence-electron chi connectivity index (χ1n) is 6.58. The van der Waals surface area contributed by atoms with Gasteiger partial charge in [-0.05, 0) is 31.6 Å². The summed E-state index contributed by atoms with van der Waals surface area (Å²) in [5.41, 5.74) is 7.02. The van der Waals surface area contributed by atoms with Crippen molar-refractivity contribution in [1.29, 1.82) is 0 Å². The lowest BCUT2D eigenvalue weighted by atomic mass is 10.1. The Bertz CT molecular complexity index is 353. The molecule has 0 radical (unpaired) electrons. The minimum absolute atomic E-state index is 0.405. The van der Waals surface area contributed by atoms with Crippen molar-refractivity contribution in [3.05, 3.63) is 18.1 Å². The third-order valence-electron chi connectivity index (χ3n) is 3.38. The fourth-order valence-corrected chi connectivity index (χ4v) is 2.44.